The van der Waals surface area contributed by atoms with Crippen molar-refractivity contribution in [2.75, 3.05) is 25.1 Å². The number of hydrogen-bond acceptors (Lipinski definition) is 9. The number of hydrogen-bond donors (Lipinski definition) is 1. The fourth-order valence-corrected chi connectivity index (χ4v) is 4.92. The Kier molecular flexibility index (Phi) is 8.40. The lowest BCUT2D eigenvalue weighted by Crippen LogP contribution is -2.47. The average Bonchev–Trinajstić information content (AvgIpc) is 3.02. The summed E-state index contributed by atoms with van der Waals surface area (Å²) < 4.78 is 21.7. The molecule has 0 bridgehead atoms. The zero-order valence-electron chi connectivity index (χ0n) is 24.0. The second-order valence-electron chi connectivity index (χ2n) is 10.1. The standard InChI is InChI=1S/C31H28FN7O5/c1-5-20-14-35-39(31(43)27(20)19(3)32)28-24(16-40)23(8-9-33-28)22-12-25(30(42)37(4)15-22)36-26-7-6-21(13-34-26)29(41)38-10-11-44-17-18(38)2/h5-9,12-16,18H,1,3,10-11,17H2,2,4H3,(H,34,36). The smallest absolute Gasteiger partial charge is 0.283 e. The monoisotopic (exact) mass is 597 g/mol. The zero-order chi connectivity index (χ0) is 31.5. The first kappa shape index (κ1) is 29.9. The molecule has 1 amide bonds. The minimum atomic E-state index is -0.986. The maximum absolute atomic E-state index is 14.2. The number of aryl methyl sites for hydroxylation is 1. The lowest BCUT2D eigenvalue weighted by molar-refractivity contribution is 0.00357. The summed E-state index contributed by atoms with van der Waals surface area (Å²) in [6, 6.07) is 6.22. The molecule has 5 heterocycles. The molecule has 1 saturated heterocycles. The molecule has 1 unspecified atom stereocenters. The van der Waals surface area contributed by atoms with Crippen LogP contribution in [0.4, 0.5) is 15.9 Å². The van der Waals surface area contributed by atoms with Crippen LogP contribution in [0.1, 0.15) is 38.8 Å². The topological polar surface area (TPSA) is 141 Å². The van der Waals surface area contributed by atoms with Gasteiger partial charge in [0.15, 0.2) is 12.1 Å². The van der Waals surface area contributed by atoms with E-state index in [-0.39, 0.29) is 45.7 Å². The third-order valence-electron chi connectivity index (χ3n) is 7.18. The quantitative estimate of drug-likeness (QED) is 0.303. The number of morpholine rings is 1. The third-order valence-corrected chi connectivity index (χ3v) is 7.18. The van der Waals surface area contributed by atoms with E-state index in [0.717, 1.165) is 4.68 Å². The largest absolute Gasteiger partial charge is 0.377 e. The Balaban J connectivity index is 1.51. The van der Waals surface area contributed by atoms with Gasteiger partial charge in [-0.1, -0.05) is 19.2 Å². The molecule has 0 aromatic carbocycles. The van der Waals surface area contributed by atoms with E-state index in [2.05, 4.69) is 33.5 Å². The molecule has 0 spiro atoms. The number of carbonyl (C=O) groups excluding carboxylic acids is 2. The number of aldehydes is 1. The van der Waals surface area contributed by atoms with Gasteiger partial charge in [-0.2, -0.15) is 9.78 Å². The molecule has 44 heavy (non-hydrogen) atoms. The van der Waals surface area contributed by atoms with Crippen LogP contribution in [0.2, 0.25) is 0 Å². The van der Waals surface area contributed by atoms with Gasteiger partial charge in [0.2, 0.25) is 0 Å². The van der Waals surface area contributed by atoms with E-state index in [1.807, 2.05) is 6.92 Å². The summed E-state index contributed by atoms with van der Waals surface area (Å²) >= 11 is 0. The average molecular weight is 598 g/mol. The third kappa shape index (κ3) is 5.60. The van der Waals surface area contributed by atoms with Gasteiger partial charge < -0.3 is 19.5 Å². The summed E-state index contributed by atoms with van der Waals surface area (Å²) in [7, 11) is 1.54. The first-order valence-corrected chi connectivity index (χ1v) is 13.5. The predicted molar refractivity (Wildman–Crippen MR) is 163 cm³/mol. The van der Waals surface area contributed by atoms with Gasteiger partial charge in [-0.05, 0) is 36.8 Å². The second kappa shape index (κ2) is 12.4. The van der Waals surface area contributed by atoms with E-state index in [9.17, 15) is 23.6 Å². The fourth-order valence-electron chi connectivity index (χ4n) is 4.92. The highest BCUT2D eigenvalue weighted by molar-refractivity contribution is 5.94. The molecule has 1 fully saturated rings. The molecule has 1 aliphatic rings. The van der Waals surface area contributed by atoms with Crippen LogP contribution in [0.5, 0.6) is 0 Å². The molecule has 4 aromatic rings. The van der Waals surface area contributed by atoms with E-state index in [4.69, 9.17) is 4.74 Å². The maximum Gasteiger partial charge on any atom is 0.283 e. The van der Waals surface area contributed by atoms with Crippen molar-refractivity contribution >= 4 is 35.6 Å². The Morgan fingerprint density at radius 3 is 2.64 bits per heavy atom. The zero-order valence-corrected chi connectivity index (χ0v) is 24.0. The van der Waals surface area contributed by atoms with Gasteiger partial charge in [0, 0.05) is 43.3 Å². The number of pyridine rings is 3. The number of anilines is 2. The van der Waals surface area contributed by atoms with Crippen LogP contribution in [-0.4, -0.2) is 67.2 Å². The van der Waals surface area contributed by atoms with Crippen LogP contribution >= 0.6 is 0 Å². The first-order valence-electron chi connectivity index (χ1n) is 13.5. The van der Waals surface area contributed by atoms with Crippen LogP contribution in [0.3, 0.4) is 0 Å². The van der Waals surface area contributed by atoms with E-state index >= 15 is 0 Å². The second-order valence-corrected chi connectivity index (χ2v) is 10.1. The van der Waals surface area contributed by atoms with Crippen LogP contribution in [-0.2, 0) is 11.8 Å². The van der Waals surface area contributed by atoms with Gasteiger partial charge >= 0.3 is 0 Å². The van der Waals surface area contributed by atoms with E-state index in [0.29, 0.717) is 48.6 Å². The van der Waals surface area contributed by atoms with Crippen molar-refractivity contribution in [2.45, 2.75) is 13.0 Å². The molecular formula is C31H28FN7O5. The molecule has 1 aliphatic heterocycles. The normalized spacial score (nSPS) is 14.6. The van der Waals surface area contributed by atoms with Gasteiger partial charge in [0.05, 0.1) is 42.1 Å². The molecule has 1 N–H and O–H groups in total. The van der Waals surface area contributed by atoms with Crippen LogP contribution in [0.15, 0.2) is 71.8 Å². The maximum atomic E-state index is 14.2. The summed E-state index contributed by atoms with van der Waals surface area (Å²) in [5.41, 5.74) is -0.202. The SMILES string of the molecule is C=Cc1cnn(-c2nccc(-c3cc(Nc4ccc(C(=O)N5CCOCC5C)cn4)c(=O)n(C)c3)c2C=O)c(=O)c1C(=C)F. The number of halogens is 1. The number of rotatable bonds is 8. The highest BCUT2D eigenvalue weighted by Gasteiger charge is 2.25. The fraction of sp³-hybridized carbons (Fsp3) is 0.194. The highest BCUT2D eigenvalue weighted by atomic mass is 19.1. The molecule has 12 nitrogen and oxygen atoms in total. The van der Waals surface area contributed by atoms with Crippen LogP contribution in [0, 0.1) is 0 Å². The molecule has 0 radical (unpaired) electrons. The Hall–Kier alpha value is -5.56. The Bertz CT molecular complexity index is 1920. The highest BCUT2D eigenvalue weighted by Crippen LogP contribution is 2.27. The molecular weight excluding hydrogens is 569 g/mol. The molecule has 0 saturated carbocycles. The summed E-state index contributed by atoms with van der Waals surface area (Å²) in [5.74, 6) is -0.974. The molecule has 5 rings (SSSR count). The lowest BCUT2D eigenvalue weighted by Gasteiger charge is -2.33. The number of nitrogens with one attached hydrogen (secondary N) is 1. The van der Waals surface area contributed by atoms with Gasteiger partial charge in [-0.3, -0.25) is 19.2 Å². The van der Waals surface area contributed by atoms with Gasteiger partial charge in [-0.25, -0.2) is 14.4 Å². The van der Waals surface area contributed by atoms with Crippen LogP contribution in [0.25, 0.3) is 28.8 Å². The number of amides is 1. The summed E-state index contributed by atoms with van der Waals surface area (Å²) in [5, 5.41) is 7.04. The number of nitrogens with zero attached hydrogens (tertiary/aromatic N) is 6. The molecule has 13 heteroatoms. The van der Waals surface area contributed by atoms with Gasteiger partial charge in [0.1, 0.15) is 17.3 Å². The molecule has 224 valence electrons. The summed E-state index contributed by atoms with van der Waals surface area (Å²) in [6.07, 6.45) is 7.31. The van der Waals surface area contributed by atoms with E-state index in [1.165, 1.54) is 48.5 Å². The lowest BCUT2D eigenvalue weighted by atomic mass is 10.0. The first-order chi connectivity index (χ1) is 21.1. The predicted octanol–water partition coefficient (Wildman–Crippen LogP) is 3.39. The Morgan fingerprint density at radius 2 is 1.98 bits per heavy atom. The van der Waals surface area contributed by atoms with E-state index < -0.39 is 11.4 Å². The number of carbonyl (C=O) groups is 2. The van der Waals surface area contributed by atoms with Crippen molar-refractivity contribution < 1.29 is 18.7 Å². The number of ether oxygens (including phenoxy) is 1. The van der Waals surface area contributed by atoms with E-state index in [1.54, 1.807) is 23.1 Å². The molecule has 0 aliphatic carbocycles. The Morgan fingerprint density at radius 1 is 1.18 bits per heavy atom. The molecule has 1 atom stereocenters. The minimum absolute atomic E-state index is 0.0215. The van der Waals surface area contributed by atoms with Crippen molar-refractivity contribution in [3.8, 4) is 16.9 Å². The van der Waals surface area contributed by atoms with Gasteiger partial charge in [-0.15, -0.1) is 0 Å². The summed E-state index contributed by atoms with van der Waals surface area (Å²) in [4.78, 5) is 61.7. The Labute approximate surface area is 250 Å². The molecule has 4 aromatic heterocycles. The van der Waals surface area contributed by atoms with Crippen molar-refractivity contribution in [3.63, 3.8) is 0 Å². The van der Waals surface area contributed by atoms with Crippen LogP contribution < -0.4 is 16.4 Å². The van der Waals surface area contributed by atoms with Crippen molar-refractivity contribution in [1.29, 1.82) is 0 Å². The number of aromatic nitrogens is 5. The minimum Gasteiger partial charge on any atom is -0.377 e. The van der Waals surface area contributed by atoms with Crippen molar-refractivity contribution in [1.82, 2.24) is 29.2 Å². The summed E-state index contributed by atoms with van der Waals surface area (Å²) in [6.45, 7) is 10.1. The van der Waals surface area contributed by atoms with Gasteiger partial charge in [0.25, 0.3) is 17.0 Å². The van der Waals surface area contributed by atoms with Crippen molar-refractivity contribution in [3.05, 3.63) is 105 Å². The van der Waals surface area contributed by atoms with Crippen molar-refractivity contribution in [2.24, 2.45) is 7.05 Å².